The maximum Gasteiger partial charge on any atom is 0.0869 e. The normalized spacial score (nSPS) is 27.6. The first-order chi connectivity index (χ1) is 7.52. The maximum absolute atomic E-state index is 10.2. The van der Waals surface area contributed by atoms with E-state index in [2.05, 4.69) is 26.1 Å². The van der Waals surface area contributed by atoms with Crippen molar-refractivity contribution in [2.24, 2.45) is 5.92 Å². The molecule has 1 heterocycles. The van der Waals surface area contributed by atoms with Crippen LogP contribution in [0.5, 0.6) is 0 Å². The Morgan fingerprint density at radius 2 is 2.12 bits per heavy atom. The van der Waals surface area contributed by atoms with Crippen molar-refractivity contribution in [1.29, 1.82) is 0 Å². The lowest BCUT2D eigenvalue weighted by atomic mass is 10.0. The summed E-state index contributed by atoms with van der Waals surface area (Å²) < 4.78 is 0. The van der Waals surface area contributed by atoms with E-state index in [0.717, 1.165) is 36.1 Å². The first kappa shape index (κ1) is 14.7. The van der Waals surface area contributed by atoms with Gasteiger partial charge in [-0.25, -0.2) is 0 Å². The molecule has 1 aliphatic rings. The highest BCUT2D eigenvalue weighted by Gasteiger charge is 2.31. The molecule has 1 fully saturated rings. The highest BCUT2D eigenvalue weighted by molar-refractivity contribution is 7.99. The van der Waals surface area contributed by atoms with Crippen molar-refractivity contribution in [3.8, 4) is 0 Å². The Kier molecular flexibility index (Phi) is 6.55. The molecule has 1 rings (SSSR count). The molecule has 4 heteroatoms. The van der Waals surface area contributed by atoms with Gasteiger partial charge in [-0.1, -0.05) is 13.8 Å². The van der Waals surface area contributed by atoms with Crippen LogP contribution in [0, 0.1) is 5.92 Å². The van der Waals surface area contributed by atoms with Crippen molar-refractivity contribution in [2.75, 3.05) is 29.6 Å². The molecule has 2 nitrogen and oxygen atoms in total. The third-order valence-electron chi connectivity index (χ3n) is 2.68. The van der Waals surface area contributed by atoms with Crippen molar-refractivity contribution in [3.63, 3.8) is 0 Å². The standard InChI is InChI=1S/C12H25NOS2/c1-10(2)6-16-7-11(3)13-8-12(14)4-5-15-9-12/h10-11,13-14H,4-9H2,1-3H3. The largest absolute Gasteiger partial charge is 0.388 e. The number of aliphatic hydroxyl groups is 1. The highest BCUT2D eigenvalue weighted by Crippen LogP contribution is 2.27. The Morgan fingerprint density at radius 1 is 1.38 bits per heavy atom. The molecule has 96 valence electrons. The summed E-state index contributed by atoms with van der Waals surface area (Å²) in [6.45, 7) is 7.47. The predicted molar refractivity (Wildman–Crippen MR) is 76.5 cm³/mol. The van der Waals surface area contributed by atoms with Crippen molar-refractivity contribution >= 4 is 23.5 Å². The zero-order chi connectivity index (χ0) is 12.0. The van der Waals surface area contributed by atoms with Gasteiger partial charge in [-0.05, 0) is 30.8 Å². The summed E-state index contributed by atoms with van der Waals surface area (Å²) in [5.74, 6) is 5.14. The van der Waals surface area contributed by atoms with Gasteiger partial charge in [0.2, 0.25) is 0 Å². The summed E-state index contributed by atoms with van der Waals surface area (Å²) in [7, 11) is 0. The summed E-state index contributed by atoms with van der Waals surface area (Å²) in [6, 6.07) is 0.498. The number of nitrogens with one attached hydrogen (secondary N) is 1. The van der Waals surface area contributed by atoms with Crippen molar-refractivity contribution in [3.05, 3.63) is 0 Å². The van der Waals surface area contributed by atoms with Crippen LogP contribution in [-0.2, 0) is 0 Å². The maximum atomic E-state index is 10.2. The summed E-state index contributed by atoms with van der Waals surface area (Å²) >= 11 is 3.86. The van der Waals surface area contributed by atoms with Crippen LogP contribution in [0.2, 0.25) is 0 Å². The van der Waals surface area contributed by atoms with Crippen LogP contribution in [0.25, 0.3) is 0 Å². The molecule has 0 aromatic heterocycles. The highest BCUT2D eigenvalue weighted by atomic mass is 32.2. The second-order valence-corrected chi connectivity index (χ2v) is 7.42. The fourth-order valence-electron chi connectivity index (χ4n) is 1.64. The minimum absolute atomic E-state index is 0.443. The Hall–Kier alpha value is 0.620. The molecule has 16 heavy (non-hydrogen) atoms. The molecule has 0 radical (unpaired) electrons. The first-order valence-electron chi connectivity index (χ1n) is 6.13. The van der Waals surface area contributed by atoms with E-state index in [4.69, 9.17) is 0 Å². The van der Waals surface area contributed by atoms with Gasteiger partial charge in [0.1, 0.15) is 0 Å². The number of hydrogen-bond donors (Lipinski definition) is 2. The van der Waals surface area contributed by atoms with E-state index in [9.17, 15) is 5.11 Å². The van der Waals surface area contributed by atoms with Gasteiger partial charge in [0.15, 0.2) is 0 Å². The molecule has 2 unspecified atom stereocenters. The van der Waals surface area contributed by atoms with Crippen LogP contribution in [0.3, 0.4) is 0 Å². The smallest absolute Gasteiger partial charge is 0.0869 e. The SMILES string of the molecule is CC(C)CSCC(C)NCC1(O)CCSC1. The van der Waals surface area contributed by atoms with Crippen LogP contribution in [-0.4, -0.2) is 46.3 Å². The van der Waals surface area contributed by atoms with Gasteiger partial charge in [-0.3, -0.25) is 0 Å². The van der Waals surface area contributed by atoms with Gasteiger partial charge in [-0.2, -0.15) is 23.5 Å². The first-order valence-corrected chi connectivity index (χ1v) is 8.44. The molecule has 0 aromatic rings. The lowest BCUT2D eigenvalue weighted by molar-refractivity contribution is 0.0659. The van der Waals surface area contributed by atoms with E-state index in [1.165, 1.54) is 5.75 Å². The zero-order valence-electron chi connectivity index (χ0n) is 10.7. The predicted octanol–water partition coefficient (Wildman–Crippen LogP) is 2.22. The van der Waals surface area contributed by atoms with E-state index in [1.807, 2.05) is 23.5 Å². The van der Waals surface area contributed by atoms with E-state index in [0.29, 0.717) is 6.04 Å². The van der Waals surface area contributed by atoms with E-state index < -0.39 is 5.60 Å². The molecule has 0 amide bonds. The molecule has 2 atom stereocenters. The van der Waals surface area contributed by atoms with Crippen molar-refractivity contribution in [1.82, 2.24) is 5.32 Å². The minimum atomic E-state index is -0.443. The molecule has 0 aliphatic carbocycles. The third-order valence-corrected chi connectivity index (χ3v) is 5.55. The van der Waals surface area contributed by atoms with Crippen molar-refractivity contribution in [2.45, 2.75) is 38.8 Å². The van der Waals surface area contributed by atoms with Crippen LogP contribution >= 0.6 is 23.5 Å². The second kappa shape index (κ2) is 7.14. The summed E-state index contributed by atoms with van der Waals surface area (Å²) in [5, 5.41) is 13.6. The van der Waals surface area contributed by atoms with Crippen molar-refractivity contribution < 1.29 is 5.11 Å². The lowest BCUT2D eigenvalue weighted by Gasteiger charge is -2.24. The number of hydrogen-bond acceptors (Lipinski definition) is 4. The molecule has 0 bridgehead atoms. The molecular formula is C12H25NOS2. The minimum Gasteiger partial charge on any atom is -0.388 e. The average Bonchev–Trinajstić information content (AvgIpc) is 2.62. The Bertz CT molecular complexity index is 193. The van der Waals surface area contributed by atoms with E-state index >= 15 is 0 Å². The zero-order valence-corrected chi connectivity index (χ0v) is 12.3. The van der Waals surface area contributed by atoms with Gasteiger partial charge in [0.25, 0.3) is 0 Å². The average molecular weight is 263 g/mol. The van der Waals surface area contributed by atoms with Crippen LogP contribution in [0.15, 0.2) is 0 Å². The second-order valence-electron chi connectivity index (χ2n) is 5.24. The summed E-state index contributed by atoms with van der Waals surface area (Å²) in [5.41, 5.74) is -0.443. The van der Waals surface area contributed by atoms with Gasteiger partial charge in [-0.15, -0.1) is 0 Å². The molecule has 1 saturated heterocycles. The van der Waals surface area contributed by atoms with Gasteiger partial charge in [0, 0.05) is 24.1 Å². The molecule has 1 aliphatic heterocycles. The molecule has 2 N–H and O–H groups in total. The monoisotopic (exact) mass is 263 g/mol. The Labute approximate surface area is 108 Å². The van der Waals surface area contributed by atoms with Crippen LogP contribution < -0.4 is 5.32 Å². The van der Waals surface area contributed by atoms with Crippen LogP contribution in [0.4, 0.5) is 0 Å². The van der Waals surface area contributed by atoms with Gasteiger partial charge in [0.05, 0.1) is 5.60 Å². The van der Waals surface area contributed by atoms with E-state index in [1.54, 1.807) is 0 Å². The van der Waals surface area contributed by atoms with Crippen LogP contribution in [0.1, 0.15) is 27.2 Å². The quantitative estimate of drug-likeness (QED) is 0.738. The topological polar surface area (TPSA) is 32.3 Å². The Balaban J connectivity index is 2.07. The van der Waals surface area contributed by atoms with Gasteiger partial charge < -0.3 is 10.4 Å². The lowest BCUT2D eigenvalue weighted by Crippen LogP contribution is -2.44. The molecule has 0 aromatic carbocycles. The summed E-state index contributed by atoms with van der Waals surface area (Å²) in [4.78, 5) is 0. The molecular weight excluding hydrogens is 238 g/mol. The molecule has 0 spiro atoms. The summed E-state index contributed by atoms with van der Waals surface area (Å²) in [6.07, 6.45) is 0.941. The number of rotatable bonds is 7. The van der Waals surface area contributed by atoms with Gasteiger partial charge >= 0.3 is 0 Å². The number of thioether (sulfide) groups is 2. The fourth-order valence-corrected chi connectivity index (χ4v) is 4.01. The molecule has 0 saturated carbocycles. The van der Waals surface area contributed by atoms with E-state index in [-0.39, 0.29) is 0 Å². The third kappa shape index (κ3) is 5.80. The Morgan fingerprint density at radius 3 is 2.69 bits per heavy atom. The fraction of sp³-hybridized carbons (Fsp3) is 1.00.